The van der Waals surface area contributed by atoms with Crippen molar-refractivity contribution < 1.29 is 31.8 Å². The predicted molar refractivity (Wildman–Crippen MR) is 130 cm³/mol. The van der Waals surface area contributed by atoms with Crippen molar-refractivity contribution in [2.75, 3.05) is 5.32 Å². The average Bonchev–Trinajstić information content (AvgIpc) is 2.73. The van der Waals surface area contributed by atoms with Gasteiger partial charge in [0.1, 0.15) is 28.0 Å². The molecule has 1 unspecified atom stereocenters. The van der Waals surface area contributed by atoms with Gasteiger partial charge in [-0.15, -0.1) is 17.9 Å². The molecule has 0 aliphatic carbocycles. The summed E-state index contributed by atoms with van der Waals surface area (Å²) < 4.78 is 71.6. The van der Waals surface area contributed by atoms with Gasteiger partial charge >= 0.3 is 6.36 Å². The van der Waals surface area contributed by atoms with Crippen LogP contribution in [-0.4, -0.2) is 26.6 Å². The quantitative estimate of drug-likeness (QED) is 0.142. The highest BCUT2D eigenvalue weighted by molar-refractivity contribution is 9.10. The molecule has 36 heavy (non-hydrogen) atoms. The second-order valence-electron chi connectivity index (χ2n) is 8.35. The molecule has 0 heterocycles. The topological polar surface area (TPSA) is 123 Å². The zero-order chi connectivity index (χ0) is 27.4. The summed E-state index contributed by atoms with van der Waals surface area (Å²) in [5.41, 5.74) is -1.26. The Balaban J connectivity index is 2.64. The van der Waals surface area contributed by atoms with Gasteiger partial charge < -0.3 is 14.6 Å². The number of hydrogen-bond donors (Lipinski definition) is 2. The lowest BCUT2D eigenvalue weighted by molar-refractivity contribution is -0.384. The van der Waals surface area contributed by atoms with Crippen LogP contribution in [0.25, 0.3) is 0 Å². The van der Waals surface area contributed by atoms with Gasteiger partial charge in [-0.1, -0.05) is 17.7 Å². The van der Waals surface area contributed by atoms with E-state index in [2.05, 4.69) is 30.7 Å². The molecule has 2 rings (SSSR count). The molecule has 0 aliphatic heterocycles. The predicted octanol–water partition coefficient (Wildman–Crippen LogP) is 6.54. The maximum absolute atomic E-state index is 14.0. The van der Waals surface area contributed by atoms with E-state index in [-0.39, 0.29) is 27.2 Å². The van der Waals surface area contributed by atoms with E-state index in [4.69, 9.17) is 11.6 Å². The third-order valence-electron chi connectivity index (χ3n) is 4.58. The van der Waals surface area contributed by atoms with Crippen molar-refractivity contribution in [3.05, 3.63) is 61.3 Å². The molecule has 0 fully saturated rings. The third-order valence-corrected chi connectivity index (χ3v) is 7.13. The first-order valence-electron chi connectivity index (χ1n) is 10.0. The molecular weight excluding hydrogens is 596 g/mol. The Hall–Kier alpha value is -2.31. The molecule has 0 bridgehead atoms. The van der Waals surface area contributed by atoms with Crippen molar-refractivity contribution in [3.8, 4) is 11.8 Å². The lowest BCUT2D eigenvalue weighted by Crippen LogP contribution is -2.45. The minimum Gasteiger partial charge on any atom is -0.598 e. The first kappa shape index (κ1) is 29.9. The van der Waals surface area contributed by atoms with E-state index in [1.165, 1.54) is 12.1 Å². The van der Waals surface area contributed by atoms with Gasteiger partial charge in [0.25, 0.3) is 5.69 Å². The molecule has 0 radical (unpaired) electrons. The lowest BCUT2D eigenvalue weighted by Gasteiger charge is -2.29. The smallest absolute Gasteiger partial charge is 0.573 e. The molecule has 3 atom stereocenters. The normalized spacial score (nSPS) is 14.5. The molecule has 0 aliphatic rings. The van der Waals surface area contributed by atoms with Crippen LogP contribution in [0, 0.1) is 27.3 Å². The van der Waals surface area contributed by atoms with E-state index in [0.717, 1.165) is 12.1 Å². The monoisotopic (exact) mass is 614 g/mol. The van der Waals surface area contributed by atoms with Gasteiger partial charge in [0, 0.05) is 28.4 Å². The van der Waals surface area contributed by atoms with Crippen LogP contribution in [0.1, 0.15) is 38.8 Å². The molecule has 2 aromatic carbocycles. The second-order valence-corrected chi connectivity index (χ2v) is 11.6. The highest BCUT2D eigenvalue weighted by Crippen LogP contribution is 2.41. The standard InChI is InChI=1S/C21H20BrClF4N4O4S/c1-20(2,3)36(34)30-11(10-28)7-16(19-13(23)5-4-6-18(19)35-21(25,26)27)29-15-8-12(22)14(24)9-17(15)31(32)33/h4-6,8-9,11,16,29-30H,7H2,1-3H3/t11-,16-,36?/m1/s1. The van der Waals surface area contributed by atoms with E-state index in [0.29, 0.717) is 6.07 Å². The minimum atomic E-state index is -5.10. The van der Waals surface area contributed by atoms with Crippen molar-refractivity contribution in [1.82, 2.24) is 4.72 Å². The molecular formula is C21H20BrClF4N4O4S. The number of nitro groups is 1. The molecule has 196 valence electrons. The summed E-state index contributed by atoms with van der Waals surface area (Å²) in [7, 11) is 0. The van der Waals surface area contributed by atoms with Crippen LogP contribution in [-0.2, 0) is 11.4 Å². The third kappa shape index (κ3) is 8.10. The summed E-state index contributed by atoms with van der Waals surface area (Å²) in [6.45, 7) is 4.93. The summed E-state index contributed by atoms with van der Waals surface area (Å²) in [5.74, 6) is -1.66. The van der Waals surface area contributed by atoms with E-state index in [1.54, 1.807) is 20.8 Å². The van der Waals surface area contributed by atoms with Crippen molar-refractivity contribution in [1.29, 1.82) is 5.26 Å². The molecule has 0 saturated carbocycles. The van der Waals surface area contributed by atoms with Crippen molar-refractivity contribution in [2.24, 2.45) is 0 Å². The fourth-order valence-corrected chi connectivity index (χ4v) is 4.38. The Bertz CT molecular complexity index is 1160. The van der Waals surface area contributed by atoms with E-state index >= 15 is 0 Å². The zero-order valence-corrected chi connectivity index (χ0v) is 22.1. The fraction of sp³-hybridized carbons (Fsp3) is 0.381. The summed E-state index contributed by atoms with van der Waals surface area (Å²) in [4.78, 5) is 10.7. The number of nitrogens with one attached hydrogen (secondary N) is 2. The number of hydrogen-bond acceptors (Lipinski definition) is 7. The summed E-state index contributed by atoms with van der Waals surface area (Å²) in [6, 6.07) is 4.47. The van der Waals surface area contributed by atoms with Crippen LogP contribution < -0.4 is 14.8 Å². The second kappa shape index (κ2) is 11.8. The Morgan fingerprint density at radius 3 is 2.47 bits per heavy atom. The van der Waals surface area contributed by atoms with Gasteiger partial charge in [-0.2, -0.15) is 5.26 Å². The molecule has 0 amide bonds. The van der Waals surface area contributed by atoms with Gasteiger partial charge in [0.15, 0.2) is 0 Å². The largest absolute Gasteiger partial charge is 0.598 e. The zero-order valence-electron chi connectivity index (χ0n) is 19.0. The van der Waals surface area contributed by atoms with Crippen LogP contribution in [0.3, 0.4) is 0 Å². The maximum Gasteiger partial charge on any atom is 0.573 e. The Morgan fingerprint density at radius 2 is 1.94 bits per heavy atom. The highest BCUT2D eigenvalue weighted by Gasteiger charge is 2.36. The van der Waals surface area contributed by atoms with E-state index in [9.17, 15) is 37.5 Å². The molecule has 0 saturated heterocycles. The van der Waals surface area contributed by atoms with Crippen LogP contribution in [0.15, 0.2) is 34.8 Å². The highest BCUT2D eigenvalue weighted by atomic mass is 79.9. The first-order valence-corrected chi connectivity index (χ1v) is 12.4. The SMILES string of the molecule is CC(C)(C)[S+]([O-])N[C@@H](C#N)C[C@@H](Nc1cc(Br)c(F)cc1[N+](=O)[O-])c1c(Cl)cccc1OC(F)(F)F. The Kier molecular flexibility index (Phi) is 9.83. The van der Waals surface area contributed by atoms with Gasteiger partial charge in [-0.25, -0.2) is 4.39 Å². The Labute approximate surface area is 220 Å². The molecule has 2 aromatic rings. The number of anilines is 1. The average molecular weight is 616 g/mol. The van der Waals surface area contributed by atoms with E-state index < -0.39 is 56.7 Å². The van der Waals surface area contributed by atoms with Gasteiger partial charge in [0.2, 0.25) is 0 Å². The van der Waals surface area contributed by atoms with Crippen LogP contribution in [0.5, 0.6) is 5.75 Å². The van der Waals surface area contributed by atoms with Crippen molar-refractivity contribution >= 4 is 50.3 Å². The van der Waals surface area contributed by atoms with Crippen molar-refractivity contribution in [2.45, 2.75) is 50.4 Å². The molecule has 15 heteroatoms. The van der Waals surface area contributed by atoms with Gasteiger partial charge in [-0.05, 0) is 54.9 Å². The number of nitriles is 1. The fourth-order valence-electron chi connectivity index (χ4n) is 2.98. The van der Waals surface area contributed by atoms with Crippen molar-refractivity contribution in [3.63, 3.8) is 0 Å². The van der Waals surface area contributed by atoms with Gasteiger partial charge in [-0.3, -0.25) is 10.1 Å². The molecule has 0 spiro atoms. The van der Waals surface area contributed by atoms with Crippen LogP contribution in [0.4, 0.5) is 28.9 Å². The van der Waals surface area contributed by atoms with Gasteiger partial charge in [0.05, 0.1) is 27.6 Å². The summed E-state index contributed by atoms with van der Waals surface area (Å²) in [6.07, 6.45) is -5.46. The lowest BCUT2D eigenvalue weighted by atomic mass is 9.98. The Morgan fingerprint density at radius 1 is 1.31 bits per heavy atom. The molecule has 0 aromatic heterocycles. The number of benzene rings is 2. The summed E-state index contributed by atoms with van der Waals surface area (Å²) >= 11 is 7.41. The number of nitro benzene ring substituents is 1. The number of rotatable bonds is 9. The number of halogens is 6. The van der Waals surface area contributed by atoms with Crippen LogP contribution in [0.2, 0.25) is 5.02 Å². The number of alkyl halides is 3. The van der Waals surface area contributed by atoms with E-state index in [1.807, 2.05) is 6.07 Å². The minimum absolute atomic E-state index is 0.163. The number of ether oxygens (including phenoxy) is 1. The maximum atomic E-state index is 14.0. The first-order chi connectivity index (χ1) is 16.5. The molecule has 8 nitrogen and oxygen atoms in total. The summed E-state index contributed by atoms with van der Waals surface area (Å²) in [5, 5.41) is 23.7. The molecule has 2 N–H and O–H groups in total. The number of nitrogens with zero attached hydrogens (tertiary/aromatic N) is 2. The van der Waals surface area contributed by atoms with Crippen LogP contribution >= 0.6 is 27.5 Å².